The Kier molecular flexibility index (Phi) is 2.09. The number of aromatic nitrogens is 2. The fraction of sp³-hybridized carbons (Fsp3) is 0. The second-order valence-electron chi connectivity index (χ2n) is 2.50. The first-order valence-corrected chi connectivity index (χ1v) is 4.51. The minimum Gasteiger partial charge on any atom is -0.399 e. The summed E-state index contributed by atoms with van der Waals surface area (Å²) in [4.78, 5) is 4.00. The van der Waals surface area contributed by atoms with Crippen molar-refractivity contribution in [2.45, 2.75) is 0 Å². The van der Waals surface area contributed by atoms with Crippen LogP contribution in [0.1, 0.15) is 0 Å². The summed E-state index contributed by atoms with van der Waals surface area (Å²) in [6.07, 6.45) is 1.51. The molecule has 3 N–H and O–H groups in total. The number of nitrogens with one attached hydrogen (secondary N) is 1. The summed E-state index contributed by atoms with van der Waals surface area (Å²) in [5.74, 6) is 0. The van der Waals surface area contributed by atoms with Crippen LogP contribution >= 0.6 is 11.5 Å². The van der Waals surface area contributed by atoms with E-state index in [0.29, 0.717) is 0 Å². The Morgan fingerprint density at radius 3 is 3.00 bits per heavy atom. The third-order valence-corrected chi connectivity index (χ3v) is 2.08. The summed E-state index contributed by atoms with van der Waals surface area (Å²) in [5, 5.41) is 3.86. The quantitative estimate of drug-likeness (QED) is 0.713. The van der Waals surface area contributed by atoms with Gasteiger partial charge in [0.2, 0.25) is 5.13 Å². The van der Waals surface area contributed by atoms with Crippen LogP contribution in [0, 0.1) is 0 Å². The molecule has 0 aliphatic carbocycles. The first kappa shape index (κ1) is 8.00. The number of hydrogen-bond acceptors (Lipinski definition) is 5. The van der Waals surface area contributed by atoms with Gasteiger partial charge < -0.3 is 11.1 Å². The van der Waals surface area contributed by atoms with Crippen LogP contribution in [0.25, 0.3) is 0 Å². The Morgan fingerprint density at radius 2 is 2.31 bits per heavy atom. The molecule has 1 aromatic carbocycles. The maximum absolute atomic E-state index is 5.61. The van der Waals surface area contributed by atoms with E-state index >= 15 is 0 Å². The van der Waals surface area contributed by atoms with Crippen molar-refractivity contribution in [1.29, 1.82) is 0 Å². The zero-order valence-corrected chi connectivity index (χ0v) is 7.58. The average molecular weight is 192 g/mol. The molecule has 0 unspecified atom stereocenters. The van der Waals surface area contributed by atoms with E-state index < -0.39 is 0 Å². The topological polar surface area (TPSA) is 63.8 Å². The van der Waals surface area contributed by atoms with Gasteiger partial charge in [0.15, 0.2) is 0 Å². The lowest BCUT2D eigenvalue weighted by atomic mass is 10.3. The molecule has 0 atom stereocenters. The van der Waals surface area contributed by atoms with E-state index in [0.717, 1.165) is 16.5 Å². The van der Waals surface area contributed by atoms with Crippen molar-refractivity contribution in [1.82, 2.24) is 9.36 Å². The van der Waals surface area contributed by atoms with Gasteiger partial charge in [0.25, 0.3) is 0 Å². The molecule has 4 nitrogen and oxygen atoms in total. The molecule has 0 saturated heterocycles. The summed E-state index contributed by atoms with van der Waals surface area (Å²) < 4.78 is 3.88. The zero-order valence-electron chi connectivity index (χ0n) is 6.77. The Bertz CT molecular complexity index is 385. The molecular formula is C8H8N4S. The van der Waals surface area contributed by atoms with E-state index in [4.69, 9.17) is 5.73 Å². The third-order valence-electron chi connectivity index (χ3n) is 1.50. The highest BCUT2D eigenvalue weighted by Gasteiger charge is 1.96. The van der Waals surface area contributed by atoms with E-state index in [1.807, 2.05) is 24.3 Å². The van der Waals surface area contributed by atoms with Gasteiger partial charge in [0, 0.05) is 22.9 Å². The second-order valence-corrected chi connectivity index (χ2v) is 3.28. The van der Waals surface area contributed by atoms with Gasteiger partial charge in [-0.25, -0.2) is 4.98 Å². The fourth-order valence-electron chi connectivity index (χ4n) is 0.968. The number of anilines is 3. The van der Waals surface area contributed by atoms with E-state index in [1.54, 1.807) is 0 Å². The smallest absolute Gasteiger partial charge is 0.206 e. The summed E-state index contributed by atoms with van der Waals surface area (Å²) in [7, 11) is 0. The molecule has 0 amide bonds. The lowest BCUT2D eigenvalue weighted by molar-refractivity contribution is 1.32. The standard InChI is InChI=1S/C8H8N4S/c9-6-2-1-3-7(4-6)12-8-10-5-11-13-8/h1-5H,9H2,(H,10,11,12). The predicted molar refractivity (Wildman–Crippen MR) is 54.0 cm³/mol. The largest absolute Gasteiger partial charge is 0.399 e. The number of nitrogens with two attached hydrogens (primary N) is 1. The molecule has 0 aliphatic rings. The van der Waals surface area contributed by atoms with Gasteiger partial charge in [0.1, 0.15) is 6.33 Å². The van der Waals surface area contributed by atoms with Crippen LogP contribution in [0.2, 0.25) is 0 Å². The van der Waals surface area contributed by atoms with E-state index in [2.05, 4.69) is 14.7 Å². The van der Waals surface area contributed by atoms with Crippen LogP contribution in [0.5, 0.6) is 0 Å². The summed E-state index contributed by atoms with van der Waals surface area (Å²) in [5.41, 5.74) is 7.27. The van der Waals surface area contributed by atoms with Gasteiger partial charge in [-0.3, -0.25) is 0 Å². The van der Waals surface area contributed by atoms with Crippen LogP contribution in [-0.2, 0) is 0 Å². The Labute approximate surface area is 79.6 Å². The maximum atomic E-state index is 5.61. The molecule has 0 aliphatic heterocycles. The van der Waals surface area contributed by atoms with E-state index in [9.17, 15) is 0 Å². The number of nitrogen functional groups attached to an aromatic ring is 1. The average Bonchev–Trinajstić information content (AvgIpc) is 2.57. The molecule has 2 aromatic rings. The molecule has 66 valence electrons. The highest BCUT2D eigenvalue weighted by Crippen LogP contribution is 2.18. The van der Waals surface area contributed by atoms with Gasteiger partial charge in [0.05, 0.1) is 0 Å². The normalized spacial score (nSPS) is 9.85. The zero-order chi connectivity index (χ0) is 9.10. The van der Waals surface area contributed by atoms with Crippen molar-refractivity contribution in [3.05, 3.63) is 30.6 Å². The number of hydrogen-bond donors (Lipinski definition) is 2. The lowest BCUT2D eigenvalue weighted by Gasteiger charge is -2.01. The monoisotopic (exact) mass is 192 g/mol. The van der Waals surface area contributed by atoms with Gasteiger partial charge in [-0.05, 0) is 18.2 Å². The highest BCUT2D eigenvalue weighted by atomic mass is 32.1. The maximum Gasteiger partial charge on any atom is 0.206 e. The number of rotatable bonds is 2. The number of benzene rings is 1. The minimum absolute atomic E-state index is 0.731. The Balaban J connectivity index is 2.19. The fourth-order valence-corrected chi connectivity index (χ4v) is 1.42. The van der Waals surface area contributed by atoms with Crippen molar-refractivity contribution in [2.24, 2.45) is 0 Å². The first-order chi connectivity index (χ1) is 6.34. The molecule has 0 bridgehead atoms. The minimum atomic E-state index is 0.731. The van der Waals surface area contributed by atoms with Crippen molar-refractivity contribution in [2.75, 3.05) is 11.1 Å². The van der Waals surface area contributed by atoms with Crippen molar-refractivity contribution in [3.63, 3.8) is 0 Å². The van der Waals surface area contributed by atoms with Crippen LogP contribution < -0.4 is 11.1 Å². The Morgan fingerprint density at radius 1 is 1.38 bits per heavy atom. The highest BCUT2D eigenvalue weighted by molar-refractivity contribution is 7.09. The molecule has 5 heteroatoms. The van der Waals surface area contributed by atoms with Crippen LogP contribution in [0.4, 0.5) is 16.5 Å². The molecule has 0 spiro atoms. The van der Waals surface area contributed by atoms with Crippen LogP contribution in [0.3, 0.4) is 0 Å². The Hall–Kier alpha value is -1.62. The molecule has 1 aromatic heterocycles. The van der Waals surface area contributed by atoms with Gasteiger partial charge in [-0.1, -0.05) is 6.07 Å². The molecule has 0 saturated carbocycles. The van der Waals surface area contributed by atoms with Crippen LogP contribution in [0.15, 0.2) is 30.6 Å². The molecule has 13 heavy (non-hydrogen) atoms. The molecule has 1 heterocycles. The third kappa shape index (κ3) is 1.94. The van der Waals surface area contributed by atoms with Gasteiger partial charge in [-0.15, -0.1) is 0 Å². The summed E-state index contributed by atoms with van der Waals surface area (Å²) >= 11 is 1.31. The van der Waals surface area contributed by atoms with Crippen molar-refractivity contribution < 1.29 is 0 Å². The SMILES string of the molecule is Nc1cccc(Nc2ncns2)c1. The van der Waals surface area contributed by atoms with Crippen molar-refractivity contribution in [3.8, 4) is 0 Å². The lowest BCUT2D eigenvalue weighted by Crippen LogP contribution is -1.90. The van der Waals surface area contributed by atoms with Crippen LogP contribution in [-0.4, -0.2) is 9.36 Å². The number of nitrogens with zero attached hydrogens (tertiary/aromatic N) is 2. The molecule has 0 radical (unpaired) electrons. The molecular weight excluding hydrogens is 184 g/mol. The van der Waals surface area contributed by atoms with Crippen molar-refractivity contribution >= 4 is 28.0 Å². The predicted octanol–water partition coefficient (Wildman–Crippen LogP) is 1.86. The van der Waals surface area contributed by atoms with E-state index in [-0.39, 0.29) is 0 Å². The second kappa shape index (κ2) is 3.40. The summed E-state index contributed by atoms with van der Waals surface area (Å²) in [6.45, 7) is 0. The van der Waals surface area contributed by atoms with Gasteiger partial charge >= 0.3 is 0 Å². The molecule has 2 rings (SSSR count). The van der Waals surface area contributed by atoms with E-state index in [1.165, 1.54) is 17.9 Å². The summed E-state index contributed by atoms with van der Waals surface area (Å²) in [6, 6.07) is 7.50. The van der Waals surface area contributed by atoms with Gasteiger partial charge in [-0.2, -0.15) is 4.37 Å². The molecule has 0 fully saturated rings. The first-order valence-electron chi connectivity index (χ1n) is 3.74.